The third-order valence-electron chi connectivity index (χ3n) is 4.06. The summed E-state index contributed by atoms with van der Waals surface area (Å²) in [5.74, 6) is 3.01. The number of nitrogens with one attached hydrogen (secondary N) is 2. The van der Waals surface area contributed by atoms with Crippen LogP contribution in [0.1, 0.15) is 35.4 Å². The summed E-state index contributed by atoms with van der Waals surface area (Å²) in [7, 11) is 1.73. The molecule has 0 spiro atoms. The number of ether oxygens (including phenoxy) is 2. The molecule has 1 heterocycles. The van der Waals surface area contributed by atoms with Crippen molar-refractivity contribution in [2.75, 3.05) is 26.9 Å². The Bertz CT molecular complexity index is 736. The number of hydrogen-bond acceptors (Lipinski definition) is 5. The molecule has 0 unspecified atom stereocenters. The molecule has 2 N–H and O–H groups in total. The standard InChI is InChI=1S/C20H30N4O3/c1-6-25-9-10-26-18-11-14(2)7-8-17(18)12-22-20(21-5)23-13-19-24-15(3)16(4)27-19/h7-8,11H,6,9-10,12-13H2,1-5H3,(H2,21,22,23). The second-order valence-corrected chi connectivity index (χ2v) is 6.19. The third-order valence-corrected chi connectivity index (χ3v) is 4.06. The molecule has 0 aliphatic rings. The van der Waals surface area contributed by atoms with Crippen LogP contribution in [-0.2, 0) is 17.8 Å². The van der Waals surface area contributed by atoms with Gasteiger partial charge in [0.05, 0.1) is 18.8 Å². The van der Waals surface area contributed by atoms with Gasteiger partial charge in [-0.15, -0.1) is 0 Å². The van der Waals surface area contributed by atoms with Gasteiger partial charge >= 0.3 is 0 Å². The molecule has 0 bridgehead atoms. The van der Waals surface area contributed by atoms with E-state index in [2.05, 4.69) is 32.7 Å². The molecule has 0 aliphatic heterocycles. The summed E-state index contributed by atoms with van der Waals surface area (Å²) >= 11 is 0. The minimum Gasteiger partial charge on any atom is -0.491 e. The van der Waals surface area contributed by atoms with Crippen LogP contribution < -0.4 is 15.4 Å². The average Bonchev–Trinajstić information content (AvgIpc) is 2.98. The fraction of sp³-hybridized carbons (Fsp3) is 0.500. The first kappa shape index (κ1) is 20.8. The molecular formula is C20H30N4O3. The lowest BCUT2D eigenvalue weighted by Gasteiger charge is -2.15. The lowest BCUT2D eigenvalue weighted by atomic mass is 10.1. The lowest BCUT2D eigenvalue weighted by Crippen LogP contribution is -2.36. The Hall–Kier alpha value is -2.54. The molecule has 148 valence electrons. The van der Waals surface area contributed by atoms with E-state index in [1.165, 1.54) is 0 Å². The first-order valence-corrected chi connectivity index (χ1v) is 9.21. The summed E-state index contributed by atoms with van der Waals surface area (Å²) in [6, 6.07) is 6.17. The summed E-state index contributed by atoms with van der Waals surface area (Å²) in [4.78, 5) is 8.61. The largest absolute Gasteiger partial charge is 0.491 e. The van der Waals surface area contributed by atoms with Crippen molar-refractivity contribution in [2.45, 2.75) is 40.8 Å². The molecule has 0 atom stereocenters. The molecule has 27 heavy (non-hydrogen) atoms. The first-order valence-electron chi connectivity index (χ1n) is 9.21. The van der Waals surface area contributed by atoms with Crippen LogP contribution in [0.25, 0.3) is 0 Å². The molecule has 7 nitrogen and oxygen atoms in total. The predicted molar refractivity (Wildman–Crippen MR) is 106 cm³/mol. The van der Waals surface area contributed by atoms with Gasteiger partial charge in [-0.05, 0) is 39.3 Å². The fourth-order valence-electron chi connectivity index (χ4n) is 2.47. The molecule has 0 saturated carbocycles. The quantitative estimate of drug-likeness (QED) is 0.399. The molecule has 0 amide bonds. The van der Waals surface area contributed by atoms with Gasteiger partial charge in [0, 0.05) is 25.8 Å². The smallest absolute Gasteiger partial charge is 0.214 e. The maximum absolute atomic E-state index is 5.88. The summed E-state index contributed by atoms with van der Waals surface area (Å²) in [5, 5.41) is 6.51. The van der Waals surface area contributed by atoms with Gasteiger partial charge in [0.1, 0.15) is 18.1 Å². The van der Waals surface area contributed by atoms with Crippen LogP contribution in [0.15, 0.2) is 27.6 Å². The minimum absolute atomic E-state index is 0.472. The predicted octanol–water partition coefficient (Wildman–Crippen LogP) is 2.88. The molecule has 1 aromatic carbocycles. The minimum atomic E-state index is 0.472. The van der Waals surface area contributed by atoms with Crippen molar-refractivity contribution in [1.29, 1.82) is 0 Å². The summed E-state index contributed by atoms with van der Waals surface area (Å²) in [5.41, 5.74) is 3.12. The first-order chi connectivity index (χ1) is 13.0. The topological polar surface area (TPSA) is 80.9 Å². The number of aryl methyl sites for hydroxylation is 3. The Morgan fingerprint density at radius 1 is 1.15 bits per heavy atom. The van der Waals surface area contributed by atoms with E-state index in [0.29, 0.717) is 44.8 Å². The Morgan fingerprint density at radius 3 is 2.59 bits per heavy atom. The molecule has 7 heteroatoms. The number of aliphatic imine (C=N–C) groups is 1. The highest BCUT2D eigenvalue weighted by Gasteiger charge is 2.08. The van der Waals surface area contributed by atoms with Gasteiger partial charge in [-0.2, -0.15) is 0 Å². The fourth-order valence-corrected chi connectivity index (χ4v) is 2.47. The van der Waals surface area contributed by atoms with Gasteiger partial charge in [-0.1, -0.05) is 12.1 Å². The number of aromatic nitrogens is 1. The number of nitrogens with zero attached hydrogens (tertiary/aromatic N) is 2. The summed E-state index contributed by atoms with van der Waals surface area (Å²) in [6.45, 7) is 10.7. The highest BCUT2D eigenvalue weighted by atomic mass is 16.5. The van der Waals surface area contributed by atoms with Crippen LogP contribution in [0.5, 0.6) is 5.75 Å². The van der Waals surface area contributed by atoms with Crippen molar-refractivity contribution in [3.8, 4) is 5.75 Å². The highest BCUT2D eigenvalue weighted by Crippen LogP contribution is 2.20. The van der Waals surface area contributed by atoms with Gasteiger partial charge in [-0.3, -0.25) is 4.99 Å². The Labute approximate surface area is 161 Å². The molecular weight excluding hydrogens is 344 g/mol. The van der Waals surface area contributed by atoms with E-state index in [9.17, 15) is 0 Å². The zero-order chi connectivity index (χ0) is 19.6. The third kappa shape index (κ3) is 6.60. The Kier molecular flexibility index (Phi) is 8.13. The van der Waals surface area contributed by atoms with Crippen molar-refractivity contribution >= 4 is 5.96 Å². The van der Waals surface area contributed by atoms with Crippen molar-refractivity contribution in [3.05, 3.63) is 46.7 Å². The molecule has 0 aliphatic carbocycles. The van der Waals surface area contributed by atoms with Crippen LogP contribution in [0.2, 0.25) is 0 Å². The number of guanidine groups is 1. The van der Waals surface area contributed by atoms with Crippen molar-refractivity contribution in [1.82, 2.24) is 15.6 Å². The van der Waals surface area contributed by atoms with Crippen LogP contribution in [-0.4, -0.2) is 37.8 Å². The molecule has 0 saturated heterocycles. The van der Waals surface area contributed by atoms with Crippen LogP contribution >= 0.6 is 0 Å². The summed E-state index contributed by atoms with van der Waals surface area (Å²) < 4.78 is 16.8. The number of rotatable bonds is 9. The monoisotopic (exact) mass is 374 g/mol. The molecule has 0 radical (unpaired) electrons. The van der Waals surface area contributed by atoms with Gasteiger partial charge in [0.2, 0.25) is 5.89 Å². The van der Waals surface area contributed by atoms with E-state index in [1.807, 2.05) is 33.8 Å². The van der Waals surface area contributed by atoms with Crippen LogP contribution in [0, 0.1) is 20.8 Å². The van der Waals surface area contributed by atoms with E-state index >= 15 is 0 Å². The van der Waals surface area contributed by atoms with Gasteiger partial charge < -0.3 is 24.5 Å². The maximum atomic E-state index is 5.88. The zero-order valence-electron chi connectivity index (χ0n) is 16.9. The van der Waals surface area contributed by atoms with Crippen LogP contribution in [0.4, 0.5) is 0 Å². The lowest BCUT2D eigenvalue weighted by molar-refractivity contribution is 0.110. The van der Waals surface area contributed by atoms with Gasteiger partial charge in [-0.25, -0.2) is 4.98 Å². The maximum Gasteiger partial charge on any atom is 0.214 e. The molecule has 2 rings (SSSR count). The molecule has 0 fully saturated rings. The van der Waals surface area contributed by atoms with E-state index in [-0.39, 0.29) is 0 Å². The Morgan fingerprint density at radius 2 is 1.93 bits per heavy atom. The van der Waals surface area contributed by atoms with Gasteiger partial charge in [0.25, 0.3) is 0 Å². The van der Waals surface area contributed by atoms with E-state index in [4.69, 9.17) is 13.9 Å². The van der Waals surface area contributed by atoms with Gasteiger partial charge in [0.15, 0.2) is 5.96 Å². The number of oxazole rings is 1. The zero-order valence-corrected chi connectivity index (χ0v) is 16.9. The molecule has 2 aromatic rings. The number of hydrogen-bond donors (Lipinski definition) is 2. The highest BCUT2D eigenvalue weighted by molar-refractivity contribution is 5.79. The van der Waals surface area contributed by atoms with E-state index in [1.54, 1.807) is 7.05 Å². The second kappa shape index (κ2) is 10.6. The average molecular weight is 374 g/mol. The molecule has 1 aromatic heterocycles. The van der Waals surface area contributed by atoms with Crippen molar-refractivity contribution in [3.63, 3.8) is 0 Å². The van der Waals surface area contributed by atoms with E-state index in [0.717, 1.165) is 28.3 Å². The second-order valence-electron chi connectivity index (χ2n) is 6.19. The number of benzene rings is 1. The van der Waals surface area contributed by atoms with Crippen molar-refractivity contribution in [2.24, 2.45) is 4.99 Å². The Balaban J connectivity index is 1.91. The normalized spacial score (nSPS) is 11.5. The summed E-state index contributed by atoms with van der Waals surface area (Å²) in [6.07, 6.45) is 0. The van der Waals surface area contributed by atoms with Crippen LogP contribution in [0.3, 0.4) is 0 Å². The SMILES string of the molecule is CCOCCOc1cc(C)ccc1CNC(=NC)NCc1nc(C)c(C)o1. The van der Waals surface area contributed by atoms with E-state index < -0.39 is 0 Å². The van der Waals surface area contributed by atoms with Crippen molar-refractivity contribution < 1.29 is 13.9 Å².